The van der Waals surface area contributed by atoms with Gasteiger partial charge in [0.05, 0.1) is 6.61 Å². The van der Waals surface area contributed by atoms with E-state index in [2.05, 4.69) is 36.1 Å². The molecule has 1 aromatic carbocycles. The fourth-order valence-corrected chi connectivity index (χ4v) is 2.66. The molecule has 0 aliphatic heterocycles. The van der Waals surface area contributed by atoms with E-state index >= 15 is 0 Å². The van der Waals surface area contributed by atoms with Crippen LogP contribution in [0.5, 0.6) is 0 Å². The first-order chi connectivity index (χ1) is 8.80. The number of nitrogens with zero attached hydrogens (tertiary/aromatic N) is 1. The Balaban J connectivity index is 2.17. The van der Waals surface area contributed by atoms with Crippen molar-refractivity contribution in [3.8, 4) is 0 Å². The Morgan fingerprint density at radius 2 is 2.22 bits per heavy atom. The van der Waals surface area contributed by atoms with E-state index in [4.69, 9.17) is 10.5 Å². The molecule has 0 amide bonds. The van der Waals surface area contributed by atoms with E-state index in [9.17, 15) is 0 Å². The molecule has 1 aliphatic carbocycles. The minimum Gasteiger partial charge on any atom is -0.380 e. The number of benzene rings is 1. The van der Waals surface area contributed by atoms with Crippen LogP contribution in [0.3, 0.4) is 0 Å². The molecular weight excluding hydrogens is 224 g/mol. The summed E-state index contributed by atoms with van der Waals surface area (Å²) in [5, 5.41) is 0. The monoisotopic (exact) mass is 248 g/mol. The lowest BCUT2D eigenvalue weighted by Gasteiger charge is -2.30. The minimum absolute atomic E-state index is 0.347. The van der Waals surface area contributed by atoms with Gasteiger partial charge in [-0.15, -0.1) is 0 Å². The maximum atomic E-state index is 6.00. The zero-order valence-electron chi connectivity index (χ0n) is 11.4. The lowest BCUT2D eigenvalue weighted by molar-refractivity contribution is 0.183. The second-order valence-corrected chi connectivity index (χ2v) is 4.99. The fourth-order valence-electron chi connectivity index (χ4n) is 2.66. The third kappa shape index (κ3) is 3.10. The zero-order chi connectivity index (χ0) is 13.0. The minimum atomic E-state index is 0.347. The van der Waals surface area contributed by atoms with Crippen LogP contribution >= 0.6 is 0 Å². The van der Waals surface area contributed by atoms with Crippen molar-refractivity contribution >= 4 is 0 Å². The summed E-state index contributed by atoms with van der Waals surface area (Å²) in [6, 6.07) is 9.71. The molecule has 1 unspecified atom stereocenters. The maximum absolute atomic E-state index is 6.00. The van der Waals surface area contributed by atoms with E-state index in [0.29, 0.717) is 19.2 Å². The second kappa shape index (κ2) is 6.32. The highest BCUT2D eigenvalue weighted by atomic mass is 16.5. The molecule has 1 fully saturated rings. The quantitative estimate of drug-likeness (QED) is 0.805. The van der Waals surface area contributed by atoms with Crippen molar-refractivity contribution in [1.82, 2.24) is 4.90 Å². The third-order valence-electron chi connectivity index (χ3n) is 3.65. The summed E-state index contributed by atoms with van der Waals surface area (Å²) in [7, 11) is 1.73. The summed E-state index contributed by atoms with van der Waals surface area (Å²) in [6.45, 7) is 4.64. The molecule has 2 N–H and O–H groups in total. The van der Waals surface area contributed by atoms with Crippen LogP contribution in [-0.4, -0.2) is 31.1 Å². The molecule has 0 aromatic heterocycles. The number of hydrogen-bond donors (Lipinski definition) is 1. The molecule has 1 aromatic rings. The predicted octanol–water partition coefficient (Wildman–Crippen LogP) is 2.32. The first-order valence-corrected chi connectivity index (χ1v) is 6.83. The third-order valence-corrected chi connectivity index (χ3v) is 3.65. The molecule has 18 heavy (non-hydrogen) atoms. The topological polar surface area (TPSA) is 38.5 Å². The summed E-state index contributed by atoms with van der Waals surface area (Å²) < 4.78 is 5.20. The van der Waals surface area contributed by atoms with Crippen molar-refractivity contribution in [2.45, 2.75) is 38.5 Å². The van der Waals surface area contributed by atoms with Gasteiger partial charge in [-0.2, -0.15) is 0 Å². The number of nitrogens with two attached hydrogens (primary N) is 1. The molecule has 0 radical (unpaired) electrons. The van der Waals surface area contributed by atoms with Crippen LogP contribution in [0.2, 0.25) is 0 Å². The van der Waals surface area contributed by atoms with E-state index in [-0.39, 0.29) is 0 Å². The van der Waals surface area contributed by atoms with Gasteiger partial charge in [-0.05, 0) is 30.5 Å². The average Bonchev–Trinajstić information content (AvgIpc) is 3.21. The molecule has 1 saturated carbocycles. The first-order valence-electron chi connectivity index (χ1n) is 6.83. The molecule has 0 heterocycles. The van der Waals surface area contributed by atoms with Crippen molar-refractivity contribution in [2.24, 2.45) is 5.73 Å². The number of methoxy groups -OCH3 is 1. The fraction of sp³-hybridized carbons (Fsp3) is 0.600. The van der Waals surface area contributed by atoms with Gasteiger partial charge in [0.1, 0.15) is 0 Å². The van der Waals surface area contributed by atoms with Gasteiger partial charge < -0.3 is 10.5 Å². The standard InChI is InChI=1S/C15H24N2O/c1-3-17(14-7-8-14)15(10-16)13-6-4-5-12(9-13)11-18-2/h4-6,9,14-15H,3,7-8,10-11,16H2,1-2H3. The van der Waals surface area contributed by atoms with Gasteiger partial charge in [0.15, 0.2) is 0 Å². The van der Waals surface area contributed by atoms with Crippen LogP contribution in [0.4, 0.5) is 0 Å². The Bertz CT molecular complexity index is 377. The number of rotatable bonds is 7. The predicted molar refractivity (Wildman–Crippen MR) is 74.4 cm³/mol. The van der Waals surface area contributed by atoms with Crippen LogP contribution < -0.4 is 5.73 Å². The molecule has 100 valence electrons. The highest BCUT2D eigenvalue weighted by molar-refractivity contribution is 5.26. The molecular formula is C15H24N2O. The van der Waals surface area contributed by atoms with E-state index in [0.717, 1.165) is 12.6 Å². The lowest BCUT2D eigenvalue weighted by Crippen LogP contribution is -2.35. The molecule has 3 nitrogen and oxygen atoms in total. The number of hydrogen-bond acceptors (Lipinski definition) is 3. The normalized spacial score (nSPS) is 17.1. The van der Waals surface area contributed by atoms with E-state index < -0.39 is 0 Å². The molecule has 0 spiro atoms. The largest absolute Gasteiger partial charge is 0.380 e. The Morgan fingerprint density at radius 3 is 2.78 bits per heavy atom. The van der Waals surface area contributed by atoms with Crippen molar-refractivity contribution in [2.75, 3.05) is 20.2 Å². The summed E-state index contributed by atoms with van der Waals surface area (Å²) in [4.78, 5) is 2.53. The smallest absolute Gasteiger partial charge is 0.0713 e. The summed E-state index contributed by atoms with van der Waals surface area (Å²) in [5.41, 5.74) is 8.54. The van der Waals surface area contributed by atoms with E-state index in [1.807, 2.05) is 0 Å². The number of ether oxygens (including phenoxy) is 1. The Hall–Kier alpha value is -0.900. The first kappa shape index (κ1) is 13.5. The SMILES string of the molecule is CCN(C1CC1)C(CN)c1cccc(COC)c1. The van der Waals surface area contributed by atoms with E-state index in [1.165, 1.54) is 24.0 Å². The highest BCUT2D eigenvalue weighted by Gasteiger charge is 2.32. The van der Waals surface area contributed by atoms with Gasteiger partial charge in [0.25, 0.3) is 0 Å². The summed E-state index contributed by atoms with van der Waals surface area (Å²) in [5.74, 6) is 0. The zero-order valence-corrected chi connectivity index (χ0v) is 11.4. The Morgan fingerprint density at radius 1 is 1.44 bits per heavy atom. The summed E-state index contributed by atoms with van der Waals surface area (Å²) >= 11 is 0. The van der Waals surface area contributed by atoms with Crippen LogP contribution in [-0.2, 0) is 11.3 Å². The van der Waals surface area contributed by atoms with Gasteiger partial charge in [0, 0.05) is 25.7 Å². The highest BCUT2D eigenvalue weighted by Crippen LogP contribution is 2.33. The molecule has 1 atom stereocenters. The maximum Gasteiger partial charge on any atom is 0.0713 e. The van der Waals surface area contributed by atoms with E-state index in [1.54, 1.807) is 7.11 Å². The van der Waals surface area contributed by atoms with Gasteiger partial charge in [0.2, 0.25) is 0 Å². The van der Waals surface area contributed by atoms with Crippen LogP contribution in [0.25, 0.3) is 0 Å². The molecule has 1 aliphatic rings. The van der Waals surface area contributed by atoms with Crippen molar-refractivity contribution in [3.63, 3.8) is 0 Å². The van der Waals surface area contributed by atoms with Crippen molar-refractivity contribution in [1.29, 1.82) is 0 Å². The van der Waals surface area contributed by atoms with Crippen molar-refractivity contribution in [3.05, 3.63) is 35.4 Å². The lowest BCUT2D eigenvalue weighted by atomic mass is 10.0. The van der Waals surface area contributed by atoms with Gasteiger partial charge in [-0.1, -0.05) is 31.2 Å². The molecule has 3 heteroatoms. The molecule has 0 saturated heterocycles. The van der Waals surface area contributed by atoms with Gasteiger partial charge in [-0.3, -0.25) is 4.90 Å². The number of likely N-dealkylation sites (N-methyl/N-ethyl adjacent to an activating group) is 1. The Kier molecular flexibility index (Phi) is 4.75. The van der Waals surface area contributed by atoms with Gasteiger partial charge in [-0.25, -0.2) is 0 Å². The molecule has 2 rings (SSSR count). The van der Waals surface area contributed by atoms with Gasteiger partial charge >= 0.3 is 0 Å². The van der Waals surface area contributed by atoms with Crippen LogP contribution in [0, 0.1) is 0 Å². The molecule has 0 bridgehead atoms. The second-order valence-electron chi connectivity index (χ2n) is 4.99. The van der Waals surface area contributed by atoms with Crippen LogP contribution in [0.15, 0.2) is 24.3 Å². The van der Waals surface area contributed by atoms with Crippen molar-refractivity contribution < 1.29 is 4.74 Å². The summed E-state index contributed by atoms with van der Waals surface area (Å²) in [6.07, 6.45) is 2.64. The van der Waals surface area contributed by atoms with Crippen LogP contribution in [0.1, 0.15) is 36.9 Å². The average molecular weight is 248 g/mol. The Labute approximate surface area is 110 Å².